The summed E-state index contributed by atoms with van der Waals surface area (Å²) in [5, 5.41) is 9.88. The second-order valence-corrected chi connectivity index (χ2v) is 3.89. The Morgan fingerprint density at radius 3 is 2.71 bits per heavy atom. The van der Waals surface area contributed by atoms with Crippen molar-refractivity contribution in [3.05, 3.63) is 0 Å². The van der Waals surface area contributed by atoms with Gasteiger partial charge in [-0.2, -0.15) is 0 Å². The molecule has 0 aromatic carbocycles. The van der Waals surface area contributed by atoms with Gasteiger partial charge in [-0.05, 0) is 20.8 Å². The van der Waals surface area contributed by atoms with Crippen molar-refractivity contribution in [1.82, 2.24) is 0 Å². The first-order chi connectivity index (χ1) is 6.53. The third-order valence-electron chi connectivity index (χ3n) is 2.83. The van der Waals surface area contributed by atoms with Crippen LogP contribution in [0, 0.1) is 0 Å². The fraction of sp³-hybridized carbons (Fsp3) is 1.00. The van der Waals surface area contributed by atoms with Crippen LogP contribution in [0.15, 0.2) is 0 Å². The van der Waals surface area contributed by atoms with Crippen molar-refractivity contribution >= 4 is 0 Å². The van der Waals surface area contributed by atoms with Crippen LogP contribution in [0.25, 0.3) is 0 Å². The molecular formula is C10H20O4. The lowest BCUT2D eigenvalue weighted by atomic mass is 9.88. The van der Waals surface area contributed by atoms with Crippen LogP contribution in [-0.4, -0.2) is 42.9 Å². The van der Waals surface area contributed by atoms with E-state index in [4.69, 9.17) is 14.2 Å². The molecule has 84 valence electrons. The molecule has 1 rings (SSSR count). The molecule has 0 aliphatic carbocycles. The molecule has 0 saturated carbocycles. The first-order valence-electron chi connectivity index (χ1n) is 5.03. The third-order valence-corrected chi connectivity index (χ3v) is 2.83. The summed E-state index contributed by atoms with van der Waals surface area (Å²) in [6.45, 7) is 6.23. The average molecular weight is 204 g/mol. The Kier molecular flexibility index (Phi) is 3.89. The van der Waals surface area contributed by atoms with Crippen molar-refractivity contribution in [1.29, 1.82) is 0 Å². The van der Waals surface area contributed by atoms with Crippen LogP contribution in [0.5, 0.6) is 0 Å². The van der Waals surface area contributed by atoms with E-state index in [1.165, 1.54) is 0 Å². The fourth-order valence-electron chi connectivity index (χ4n) is 1.80. The Hall–Kier alpha value is -0.160. The summed E-state index contributed by atoms with van der Waals surface area (Å²) >= 11 is 0. The van der Waals surface area contributed by atoms with Crippen LogP contribution in [0.4, 0.5) is 0 Å². The van der Waals surface area contributed by atoms with Gasteiger partial charge in [0, 0.05) is 20.1 Å². The van der Waals surface area contributed by atoms with Gasteiger partial charge in [-0.3, -0.25) is 0 Å². The average Bonchev–Trinajstić information content (AvgIpc) is 2.15. The molecule has 14 heavy (non-hydrogen) atoms. The Bertz CT molecular complexity index is 185. The minimum Gasteiger partial charge on any atom is -0.387 e. The molecule has 2 unspecified atom stereocenters. The molecule has 4 heteroatoms. The highest BCUT2D eigenvalue weighted by Gasteiger charge is 2.44. The summed E-state index contributed by atoms with van der Waals surface area (Å²) in [4.78, 5) is 0. The van der Waals surface area contributed by atoms with Crippen molar-refractivity contribution in [2.24, 2.45) is 0 Å². The van der Waals surface area contributed by atoms with Crippen molar-refractivity contribution in [3.63, 3.8) is 0 Å². The van der Waals surface area contributed by atoms with Crippen LogP contribution in [0.1, 0.15) is 27.2 Å². The van der Waals surface area contributed by atoms with Crippen LogP contribution in [0.3, 0.4) is 0 Å². The molecule has 1 saturated heterocycles. The summed E-state index contributed by atoms with van der Waals surface area (Å²) in [6.07, 6.45) is -0.583. The Morgan fingerprint density at radius 2 is 2.21 bits per heavy atom. The van der Waals surface area contributed by atoms with Gasteiger partial charge in [-0.15, -0.1) is 0 Å². The maximum Gasteiger partial charge on any atom is 0.160 e. The van der Waals surface area contributed by atoms with E-state index in [2.05, 4.69) is 0 Å². The first kappa shape index (κ1) is 11.9. The summed E-state index contributed by atoms with van der Waals surface area (Å²) in [5.74, 6) is 0. The molecule has 0 amide bonds. The van der Waals surface area contributed by atoms with Gasteiger partial charge in [0.2, 0.25) is 0 Å². The molecule has 0 spiro atoms. The van der Waals surface area contributed by atoms with E-state index < -0.39 is 11.7 Å². The Morgan fingerprint density at radius 1 is 1.57 bits per heavy atom. The molecule has 0 aromatic rings. The van der Waals surface area contributed by atoms with Crippen LogP contribution >= 0.6 is 0 Å². The molecule has 4 nitrogen and oxygen atoms in total. The lowest BCUT2D eigenvalue weighted by molar-refractivity contribution is -0.276. The zero-order valence-corrected chi connectivity index (χ0v) is 9.32. The Labute approximate surface area is 85.2 Å². The largest absolute Gasteiger partial charge is 0.387 e. The van der Waals surface area contributed by atoms with E-state index in [0.717, 1.165) is 0 Å². The van der Waals surface area contributed by atoms with Crippen molar-refractivity contribution in [3.8, 4) is 0 Å². The minimum atomic E-state index is -0.607. The second kappa shape index (κ2) is 4.57. The molecule has 4 atom stereocenters. The number of rotatable bonds is 3. The lowest BCUT2D eigenvalue weighted by Gasteiger charge is -2.44. The molecular weight excluding hydrogens is 184 g/mol. The number of hydrogen-bond acceptors (Lipinski definition) is 4. The van der Waals surface area contributed by atoms with Crippen molar-refractivity contribution in [2.75, 3.05) is 13.7 Å². The molecule has 0 bridgehead atoms. The van der Waals surface area contributed by atoms with Gasteiger partial charge in [0.15, 0.2) is 6.29 Å². The summed E-state index contributed by atoms with van der Waals surface area (Å²) in [5.41, 5.74) is -0.572. The maximum absolute atomic E-state index is 9.88. The number of aliphatic hydroxyl groups excluding tert-OH is 1. The summed E-state index contributed by atoms with van der Waals surface area (Å²) < 4.78 is 16.2. The molecule has 1 N–H and O–H groups in total. The molecule has 0 radical (unpaired) electrons. The molecule has 1 fully saturated rings. The van der Waals surface area contributed by atoms with Crippen LogP contribution < -0.4 is 0 Å². The predicted molar refractivity (Wildman–Crippen MR) is 52.0 cm³/mol. The highest BCUT2D eigenvalue weighted by atomic mass is 16.7. The Balaban J connectivity index is 2.66. The van der Waals surface area contributed by atoms with Gasteiger partial charge >= 0.3 is 0 Å². The lowest BCUT2D eigenvalue weighted by Crippen LogP contribution is -2.56. The van der Waals surface area contributed by atoms with E-state index in [0.29, 0.717) is 13.0 Å². The number of ether oxygens (including phenoxy) is 3. The topological polar surface area (TPSA) is 47.9 Å². The predicted octanol–water partition coefficient (Wildman–Crippen LogP) is 0.924. The third kappa shape index (κ3) is 2.25. The van der Waals surface area contributed by atoms with E-state index >= 15 is 0 Å². The van der Waals surface area contributed by atoms with Crippen molar-refractivity contribution < 1.29 is 19.3 Å². The number of methoxy groups -OCH3 is 1. The zero-order chi connectivity index (χ0) is 10.8. The molecule has 0 aromatic heterocycles. The standard InChI is InChI=1S/C10H20O4/c1-5-13-8-6-10(3,12-4)9(11)7(2)14-8/h7-9,11H,5-6H2,1-4H3/t7?,8?,9-,10+/m1/s1. The monoisotopic (exact) mass is 204 g/mol. The van der Waals surface area contributed by atoms with Crippen LogP contribution in [0.2, 0.25) is 0 Å². The van der Waals surface area contributed by atoms with Gasteiger partial charge in [0.05, 0.1) is 11.7 Å². The highest BCUT2D eigenvalue weighted by molar-refractivity contribution is 4.92. The smallest absolute Gasteiger partial charge is 0.160 e. The van der Waals surface area contributed by atoms with E-state index in [9.17, 15) is 5.11 Å². The van der Waals surface area contributed by atoms with E-state index in [1.54, 1.807) is 7.11 Å². The van der Waals surface area contributed by atoms with Gasteiger partial charge in [0.1, 0.15) is 6.10 Å². The maximum atomic E-state index is 9.88. The normalized spacial score (nSPS) is 43.9. The first-order valence-corrected chi connectivity index (χ1v) is 5.03. The highest BCUT2D eigenvalue weighted by Crippen LogP contribution is 2.32. The van der Waals surface area contributed by atoms with Gasteiger partial charge in [0.25, 0.3) is 0 Å². The zero-order valence-electron chi connectivity index (χ0n) is 9.32. The molecule has 1 aliphatic rings. The summed E-state index contributed by atoms with van der Waals surface area (Å²) in [6, 6.07) is 0. The second-order valence-electron chi connectivity index (χ2n) is 3.89. The van der Waals surface area contributed by atoms with Crippen molar-refractivity contribution in [2.45, 2.75) is 51.3 Å². The van der Waals surface area contributed by atoms with E-state index in [1.807, 2.05) is 20.8 Å². The van der Waals surface area contributed by atoms with Gasteiger partial charge in [-0.1, -0.05) is 0 Å². The van der Waals surface area contributed by atoms with Gasteiger partial charge in [-0.25, -0.2) is 0 Å². The van der Waals surface area contributed by atoms with Gasteiger partial charge < -0.3 is 19.3 Å². The SMILES string of the molecule is CCOC1C[C@](C)(OC)[C@H](O)C(C)O1. The number of aliphatic hydroxyl groups is 1. The fourth-order valence-corrected chi connectivity index (χ4v) is 1.80. The van der Waals surface area contributed by atoms with E-state index in [-0.39, 0.29) is 12.4 Å². The minimum absolute atomic E-state index is 0.259. The quantitative estimate of drug-likeness (QED) is 0.742. The summed E-state index contributed by atoms with van der Waals surface area (Å²) in [7, 11) is 1.60. The van der Waals surface area contributed by atoms with Crippen LogP contribution in [-0.2, 0) is 14.2 Å². The molecule has 1 heterocycles. The molecule has 1 aliphatic heterocycles. The number of hydrogen-bond donors (Lipinski definition) is 1.